The number of carbonyl (C=O) groups is 1. The predicted molar refractivity (Wildman–Crippen MR) is 67.7 cm³/mol. The Morgan fingerprint density at radius 2 is 2.06 bits per heavy atom. The zero-order valence-corrected chi connectivity index (χ0v) is 10.8. The maximum atomic E-state index is 11.4. The summed E-state index contributed by atoms with van der Waals surface area (Å²) in [5.74, 6) is 0.296. The van der Waals surface area contributed by atoms with Crippen LogP contribution in [-0.2, 0) is 4.74 Å². The molecule has 0 atom stereocenters. The number of carbonyl (C=O) groups excluding carboxylic acids is 1. The minimum Gasteiger partial charge on any atom is -0.464 e. The van der Waals surface area contributed by atoms with Gasteiger partial charge in [-0.1, -0.05) is 6.92 Å². The summed E-state index contributed by atoms with van der Waals surface area (Å²) < 4.78 is 4.64. The molecule has 18 heavy (non-hydrogen) atoms. The first-order valence-electron chi connectivity index (χ1n) is 6.12. The third-order valence-electron chi connectivity index (χ3n) is 3.16. The predicted octanol–water partition coefficient (Wildman–Crippen LogP) is 0.405. The van der Waals surface area contributed by atoms with E-state index in [1.165, 1.54) is 13.3 Å². The van der Waals surface area contributed by atoms with Crippen molar-refractivity contribution in [2.45, 2.75) is 6.92 Å². The van der Waals surface area contributed by atoms with Crippen molar-refractivity contribution in [1.82, 2.24) is 14.9 Å². The van der Waals surface area contributed by atoms with Crippen LogP contribution >= 0.6 is 0 Å². The summed E-state index contributed by atoms with van der Waals surface area (Å²) in [5, 5.41) is 0. The molecule has 2 rings (SSSR count). The lowest BCUT2D eigenvalue weighted by Crippen LogP contribution is -2.46. The molecule has 0 radical (unpaired) electrons. The normalized spacial score (nSPS) is 16.7. The smallest absolute Gasteiger partial charge is 0.358 e. The van der Waals surface area contributed by atoms with Crippen LogP contribution in [0.25, 0.3) is 0 Å². The van der Waals surface area contributed by atoms with E-state index in [0.717, 1.165) is 38.5 Å². The van der Waals surface area contributed by atoms with Gasteiger partial charge in [0, 0.05) is 26.2 Å². The Hall–Kier alpha value is -1.69. The van der Waals surface area contributed by atoms with Gasteiger partial charge in [-0.15, -0.1) is 0 Å². The second kappa shape index (κ2) is 5.77. The molecule has 98 valence electrons. The lowest BCUT2D eigenvalue weighted by molar-refractivity contribution is 0.0593. The lowest BCUT2D eigenvalue weighted by atomic mass is 10.3. The Labute approximate surface area is 107 Å². The molecule has 0 spiro atoms. The first-order chi connectivity index (χ1) is 8.74. The highest BCUT2D eigenvalue weighted by atomic mass is 16.5. The fourth-order valence-electron chi connectivity index (χ4n) is 2.00. The number of nitrogens with zero attached hydrogens (tertiary/aromatic N) is 4. The molecule has 6 heteroatoms. The van der Waals surface area contributed by atoms with Crippen molar-refractivity contribution < 1.29 is 9.53 Å². The van der Waals surface area contributed by atoms with Gasteiger partial charge in [0.25, 0.3) is 0 Å². The molecule has 6 nitrogen and oxygen atoms in total. The molecule has 1 saturated heterocycles. The highest BCUT2D eigenvalue weighted by Gasteiger charge is 2.18. The van der Waals surface area contributed by atoms with Gasteiger partial charge in [0.1, 0.15) is 5.82 Å². The molecule has 2 heterocycles. The van der Waals surface area contributed by atoms with E-state index in [0.29, 0.717) is 0 Å². The monoisotopic (exact) mass is 250 g/mol. The summed E-state index contributed by atoms with van der Waals surface area (Å²) in [7, 11) is 1.34. The first kappa shape index (κ1) is 12.8. The van der Waals surface area contributed by atoms with Crippen molar-refractivity contribution in [3.05, 3.63) is 18.1 Å². The molecular formula is C12H18N4O2. The molecule has 0 aromatic carbocycles. The minimum atomic E-state index is -0.448. The summed E-state index contributed by atoms with van der Waals surface area (Å²) in [4.78, 5) is 24.3. The summed E-state index contributed by atoms with van der Waals surface area (Å²) in [6, 6.07) is 0. The molecule has 1 aromatic rings. The summed E-state index contributed by atoms with van der Waals surface area (Å²) in [5.41, 5.74) is 0.257. The molecular weight excluding hydrogens is 232 g/mol. The number of esters is 1. The second-order valence-electron chi connectivity index (χ2n) is 4.18. The molecule has 0 bridgehead atoms. The zero-order valence-electron chi connectivity index (χ0n) is 10.8. The molecule has 0 saturated carbocycles. The first-order valence-corrected chi connectivity index (χ1v) is 6.12. The number of hydrogen-bond donors (Lipinski definition) is 0. The van der Waals surface area contributed by atoms with Crippen molar-refractivity contribution in [3.8, 4) is 0 Å². The molecule has 1 aliphatic heterocycles. The Morgan fingerprint density at radius 3 is 2.67 bits per heavy atom. The minimum absolute atomic E-state index is 0.257. The SMILES string of the molecule is CCN1CCN(c2cncc(C(=O)OC)n2)CC1. The molecule has 0 amide bonds. The van der Waals surface area contributed by atoms with Gasteiger partial charge in [-0.2, -0.15) is 0 Å². The van der Waals surface area contributed by atoms with Crippen molar-refractivity contribution in [3.63, 3.8) is 0 Å². The quantitative estimate of drug-likeness (QED) is 0.724. The Balaban J connectivity index is 2.07. The van der Waals surface area contributed by atoms with Gasteiger partial charge in [0.2, 0.25) is 0 Å². The third kappa shape index (κ3) is 2.76. The van der Waals surface area contributed by atoms with E-state index in [9.17, 15) is 4.79 Å². The van der Waals surface area contributed by atoms with E-state index >= 15 is 0 Å². The number of likely N-dealkylation sites (N-methyl/N-ethyl adjacent to an activating group) is 1. The van der Waals surface area contributed by atoms with Gasteiger partial charge in [0.05, 0.1) is 19.5 Å². The van der Waals surface area contributed by atoms with E-state index in [1.54, 1.807) is 6.20 Å². The summed E-state index contributed by atoms with van der Waals surface area (Å²) >= 11 is 0. The number of aromatic nitrogens is 2. The Morgan fingerprint density at radius 1 is 1.33 bits per heavy atom. The molecule has 0 N–H and O–H groups in total. The van der Waals surface area contributed by atoms with Crippen LogP contribution in [-0.4, -0.2) is 60.7 Å². The van der Waals surface area contributed by atoms with Crippen molar-refractivity contribution in [2.24, 2.45) is 0 Å². The summed E-state index contributed by atoms with van der Waals surface area (Å²) in [6.07, 6.45) is 3.12. The largest absolute Gasteiger partial charge is 0.464 e. The zero-order chi connectivity index (χ0) is 13.0. The molecule has 0 unspecified atom stereocenters. The van der Waals surface area contributed by atoms with E-state index in [4.69, 9.17) is 0 Å². The average Bonchev–Trinajstić information content (AvgIpc) is 2.46. The maximum absolute atomic E-state index is 11.4. The number of anilines is 1. The van der Waals surface area contributed by atoms with Crippen LogP contribution in [0.1, 0.15) is 17.4 Å². The van der Waals surface area contributed by atoms with Gasteiger partial charge < -0.3 is 14.5 Å². The van der Waals surface area contributed by atoms with Crippen LogP contribution in [0.3, 0.4) is 0 Å². The van der Waals surface area contributed by atoms with Gasteiger partial charge in [-0.05, 0) is 6.54 Å². The Bertz CT molecular complexity index is 416. The van der Waals surface area contributed by atoms with Crippen LogP contribution in [0.2, 0.25) is 0 Å². The molecule has 1 aromatic heterocycles. The van der Waals surface area contributed by atoms with Crippen LogP contribution in [0.15, 0.2) is 12.4 Å². The van der Waals surface area contributed by atoms with E-state index < -0.39 is 5.97 Å². The fourth-order valence-corrected chi connectivity index (χ4v) is 2.00. The van der Waals surface area contributed by atoms with E-state index in [2.05, 4.69) is 31.4 Å². The number of ether oxygens (including phenoxy) is 1. The average molecular weight is 250 g/mol. The number of methoxy groups -OCH3 is 1. The van der Waals surface area contributed by atoms with Crippen LogP contribution in [0, 0.1) is 0 Å². The Kier molecular flexibility index (Phi) is 4.09. The van der Waals surface area contributed by atoms with Crippen molar-refractivity contribution >= 4 is 11.8 Å². The molecule has 1 aliphatic rings. The topological polar surface area (TPSA) is 58.6 Å². The van der Waals surface area contributed by atoms with Gasteiger partial charge in [-0.25, -0.2) is 9.78 Å². The van der Waals surface area contributed by atoms with Crippen LogP contribution < -0.4 is 4.90 Å². The number of hydrogen-bond acceptors (Lipinski definition) is 6. The van der Waals surface area contributed by atoms with Gasteiger partial charge in [0.15, 0.2) is 5.69 Å². The van der Waals surface area contributed by atoms with E-state index in [-0.39, 0.29) is 5.69 Å². The maximum Gasteiger partial charge on any atom is 0.358 e. The number of rotatable bonds is 3. The lowest BCUT2D eigenvalue weighted by Gasteiger charge is -2.34. The molecule has 0 aliphatic carbocycles. The standard InChI is InChI=1S/C12H18N4O2/c1-3-15-4-6-16(7-5-15)11-9-13-8-10(14-11)12(17)18-2/h8-9H,3-7H2,1-2H3. The van der Waals surface area contributed by atoms with Crippen LogP contribution in [0.5, 0.6) is 0 Å². The van der Waals surface area contributed by atoms with E-state index in [1.807, 2.05) is 0 Å². The third-order valence-corrected chi connectivity index (χ3v) is 3.16. The highest BCUT2D eigenvalue weighted by molar-refractivity contribution is 5.87. The number of piperazine rings is 1. The second-order valence-corrected chi connectivity index (χ2v) is 4.18. The van der Waals surface area contributed by atoms with Gasteiger partial charge >= 0.3 is 5.97 Å². The van der Waals surface area contributed by atoms with Gasteiger partial charge in [-0.3, -0.25) is 4.98 Å². The summed E-state index contributed by atoms with van der Waals surface area (Å²) in [6.45, 7) is 7.08. The van der Waals surface area contributed by atoms with Crippen LogP contribution in [0.4, 0.5) is 5.82 Å². The molecule has 1 fully saturated rings. The fraction of sp³-hybridized carbons (Fsp3) is 0.583. The van der Waals surface area contributed by atoms with Crippen molar-refractivity contribution in [2.75, 3.05) is 44.7 Å². The van der Waals surface area contributed by atoms with Crippen molar-refractivity contribution in [1.29, 1.82) is 0 Å². The highest BCUT2D eigenvalue weighted by Crippen LogP contribution is 2.13.